The maximum absolute atomic E-state index is 10.0. The molecule has 0 unspecified atom stereocenters. The Morgan fingerprint density at radius 2 is 1.00 bits per heavy atom. The number of rotatable bonds is 14. The standard InChI is InChI=1S/C8H17NO4Si.C7H15NO3Si/c1-4-11-14(12-5-2,13-6-3)8-9-7-10;1-4-10-12(3,11-5-2)7-8-6-9/h4-6,8H2,1-3H3;4-5,7H2,1-3H3. The number of nitrogens with zero attached hydrogens (tertiary/aromatic N) is 2. The summed E-state index contributed by atoms with van der Waals surface area (Å²) in [6.45, 7) is 13.9. The molecular weight excluding hydrogens is 376 g/mol. The summed E-state index contributed by atoms with van der Waals surface area (Å²) in [5.74, 6) is 0. The van der Waals surface area contributed by atoms with E-state index in [-0.39, 0.29) is 6.17 Å². The van der Waals surface area contributed by atoms with Gasteiger partial charge in [0.2, 0.25) is 12.2 Å². The van der Waals surface area contributed by atoms with Crippen molar-refractivity contribution in [2.75, 3.05) is 45.4 Å². The first kappa shape index (κ1) is 27.2. The van der Waals surface area contributed by atoms with Crippen molar-refractivity contribution in [1.29, 1.82) is 0 Å². The zero-order chi connectivity index (χ0) is 20.3. The lowest BCUT2D eigenvalue weighted by Crippen LogP contribution is -2.49. The van der Waals surface area contributed by atoms with E-state index in [1.165, 1.54) is 12.2 Å². The Kier molecular flexibility index (Phi) is 18.2. The predicted octanol–water partition coefficient (Wildman–Crippen LogP) is 1.92. The van der Waals surface area contributed by atoms with E-state index in [1.807, 2.05) is 41.2 Å². The molecule has 0 rings (SSSR count). The van der Waals surface area contributed by atoms with Crippen molar-refractivity contribution >= 4 is 29.5 Å². The van der Waals surface area contributed by atoms with Gasteiger partial charge < -0.3 is 22.1 Å². The summed E-state index contributed by atoms with van der Waals surface area (Å²) in [5.41, 5.74) is 0. The largest absolute Gasteiger partial charge is 0.524 e. The van der Waals surface area contributed by atoms with Crippen molar-refractivity contribution in [1.82, 2.24) is 0 Å². The topological polar surface area (TPSA) is 105 Å². The summed E-state index contributed by atoms with van der Waals surface area (Å²) >= 11 is 0. The number of aliphatic imine (C=N–C) groups is 2. The fraction of sp³-hybridized carbons (Fsp3) is 0.867. The maximum atomic E-state index is 10.0. The molecule has 0 aromatic rings. The van der Waals surface area contributed by atoms with Gasteiger partial charge in [-0.25, -0.2) is 19.6 Å². The Morgan fingerprint density at radius 1 is 0.654 bits per heavy atom. The zero-order valence-electron chi connectivity index (χ0n) is 16.7. The highest BCUT2D eigenvalue weighted by Gasteiger charge is 2.40. The van der Waals surface area contributed by atoms with Crippen molar-refractivity contribution in [3.8, 4) is 0 Å². The third-order valence-electron chi connectivity index (χ3n) is 2.76. The summed E-state index contributed by atoms with van der Waals surface area (Å²) in [6.07, 6.45) is 3.43. The van der Waals surface area contributed by atoms with Gasteiger partial charge in [0.15, 0.2) is 0 Å². The van der Waals surface area contributed by atoms with Gasteiger partial charge >= 0.3 is 17.4 Å². The van der Waals surface area contributed by atoms with E-state index in [9.17, 15) is 9.59 Å². The molecule has 0 amide bonds. The van der Waals surface area contributed by atoms with E-state index < -0.39 is 17.4 Å². The maximum Gasteiger partial charge on any atom is 0.524 e. The van der Waals surface area contributed by atoms with E-state index in [0.29, 0.717) is 39.2 Å². The molecule has 0 bridgehead atoms. The van der Waals surface area contributed by atoms with Crippen molar-refractivity contribution in [2.45, 2.75) is 41.2 Å². The highest BCUT2D eigenvalue weighted by Crippen LogP contribution is 2.10. The third-order valence-corrected chi connectivity index (χ3v) is 8.02. The molecule has 0 aromatic heterocycles. The van der Waals surface area contributed by atoms with Crippen LogP contribution in [0.4, 0.5) is 0 Å². The molecule has 11 heteroatoms. The monoisotopic (exact) mass is 408 g/mol. The smallest absolute Gasteiger partial charge is 0.394 e. The highest BCUT2D eigenvalue weighted by molar-refractivity contribution is 6.66. The van der Waals surface area contributed by atoms with Crippen LogP contribution in [-0.4, -0.2) is 74.9 Å². The Balaban J connectivity index is 0. The van der Waals surface area contributed by atoms with Crippen LogP contribution in [0.1, 0.15) is 34.6 Å². The first-order chi connectivity index (χ1) is 12.4. The second-order valence-electron chi connectivity index (χ2n) is 4.80. The first-order valence-electron chi connectivity index (χ1n) is 8.69. The zero-order valence-corrected chi connectivity index (χ0v) is 18.7. The summed E-state index contributed by atoms with van der Waals surface area (Å²) in [6, 6.07) is 0. The van der Waals surface area contributed by atoms with Gasteiger partial charge in [0.1, 0.15) is 6.17 Å². The molecule has 0 saturated heterocycles. The van der Waals surface area contributed by atoms with Crippen molar-refractivity contribution in [2.24, 2.45) is 9.98 Å². The van der Waals surface area contributed by atoms with Crippen molar-refractivity contribution in [3.05, 3.63) is 0 Å². The number of hydrogen-bond donors (Lipinski definition) is 0. The second-order valence-corrected chi connectivity index (χ2v) is 10.5. The van der Waals surface area contributed by atoms with Crippen LogP contribution in [0.25, 0.3) is 0 Å². The van der Waals surface area contributed by atoms with Crippen molar-refractivity contribution < 1.29 is 31.7 Å². The van der Waals surface area contributed by atoms with E-state index in [2.05, 4.69) is 9.98 Å². The van der Waals surface area contributed by atoms with E-state index in [1.54, 1.807) is 0 Å². The normalized spacial score (nSPS) is 11.0. The van der Waals surface area contributed by atoms with Crippen molar-refractivity contribution in [3.63, 3.8) is 0 Å². The molecule has 26 heavy (non-hydrogen) atoms. The Labute approximate surface area is 158 Å². The quantitative estimate of drug-likeness (QED) is 0.246. The number of carbonyl (C=O) groups excluding carboxylic acids is 2. The molecule has 0 aromatic carbocycles. The van der Waals surface area contributed by atoms with E-state index >= 15 is 0 Å². The highest BCUT2D eigenvalue weighted by atomic mass is 28.4. The van der Waals surface area contributed by atoms with Crippen LogP contribution in [0.5, 0.6) is 0 Å². The minimum Gasteiger partial charge on any atom is -0.394 e. The van der Waals surface area contributed by atoms with Crippen LogP contribution in [0, 0.1) is 0 Å². The van der Waals surface area contributed by atoms with Gasteiger partial charge in [-0.05, 0) is 41.2 Å². The first-order valence-corrected chi connectivity index (χ1v) is 13.2. The Morgan fingerprint density at radius 3 is 1.31 bits per heavy atom. The average molecular weight is 409 g/mol. The number of isocyanates is 2. The molecule has 0 spiro atoms. The lowest BCUT2D eigenvalue weighted by molar-refractivity contribution is 0.0729. The molecule has 9 nitrogen and oxygen atoms in total. The summed E-state index contributed by atoms with van der Waals surface area (Å²) in [4.78, 5) is 26.9. The SMILES string of the molecule is CCO[Si](C)(CN=C=O)OCC.CCO[Si](CN=C=O)(OCC)OCC. The van der Waals surface area contributed by atoms with Gasteiger partial charge in [0.25, 0.3) is 0 Å². The lowest BCUT2D eigenvalue weighted by atomic mass is 10.9. The minimum absolute atomic E-state index is 0.145. The van der Waals surface area contributed by atoms with Crippen LogP contribution in [0.3, 0.4) is 0 Å². The molecule has 0 atom stereocenters. The molecule has 0 aliphatic heterocycles. The van der Waals surface area contributed by atoms with Gasteiger partial charge in [0.05, 0.1) is 6.17 Å². The van der Waals surface area contributed by atoms with Crippen LogP contribution in [-0.2, 0) is 31.7 Å². The third kappa shape index (κ3) is 13.2. The van der Waals surface area contributed by atoms with Crippen LogP contribution < -0.4 is 0 Å². The molecule has 0 saturated carbocycles. The lowest BCUT2D eigenvalue weighted by Gasteiger charge is -2.26. The molecule has 0 aliphatic rings. The van der Waals surface area contributed by atoms with Gasteiger partial charge in [-0.1, -0.05) is 0 Å². The van der Waals surface area contributed by atoms with E-state index in [0.717, 1.165) is 0 Å². The summed E-state index contributed by atoms with van der Waals surface area (Å²) < 4.78 is 27.1. The molecule has 152 valence electrons. The average Bonchev–Trinajstić information content (AvgIpc) is 2.60. The van der Waals surface area contributed by atoms with Gasteiger partial charge in [-0.15, -0.1) is 0 Å². The number of hydrogen-bond acceptors (Lipinski definition) is 9. The van der Waals surface area contributed by atoms with E-state index in [4.69, 9.17) is 22.1 Å². The van der Waals surface area contributed by atoms with Crippen LogP contribution in [0.2, 0.25) is 6.55 Å². The fourth-order valence-corrected chi connectivity index (χ4v) is 5.91. The minimum atomic E-state index is -2.75. The fourth-order valence-electron chi connectivity index (χ4n) is 1.97. The summed E-state index contributed by atoms with van der Waals surface area (Å²) in [5, 5.41) is 0. The van der Waals surface area contributed by atoms with Crippen LogP contribution >= 0.6 is 0 Å². The van der Waals surface area contributed by atoms with Gasteiger partial charge in [-0.3, -0.25) is 0 Å². The molecule has 0 radical (unpaired) electrons. The van der Waals surface area contributed by atoms with Gasteiger partial charge in [0, 0.05) is 33.0 Å². The molecule has 0 fully saturated rings. The predicted molar refractivity (Wildman–Crippen MR) is 101 cm³/mol. The Bertz CT molecular complexity index is 419. The summed E-state index contributed by atoms with van der Waals surface area (Å²) in [7, 11) is -4.95. The second kappa shape index (κ2) is 17.4. The molecule has 0 heterocycles. The molecule has 0 aliphatic carbocycles. The molecular formula is C15H32N2O7Si2. The molecule has 0 N–H and O–H groups in total. The van der Waals surface area contributed by atoms with Crippen LogP contribution in [0.15, 0.2) is 9.98 Å². The Hall–Kier alpha value is -1.01. The van der Waals surface area contributed by atoms with Gasteiger partial charge in [-0.2, -0.15) is 0 Å².